The molecule has 1 saturated heterocycles. The highest BCUT2D eigenvalue weighted by molar-refractivity contribution is 7.13. The molecule has 0 saturated carbocycles. The van der Waals surface area contributed by atoms with Gasteiger partial charge in [-0.2, -0.15) is 0 Å². The summed E-state index contributed by atoms with van der Waals surface area (Å²) in [5.74, 6) is 0.819. The molecule has 9 heteroatoms. The summed E-state index contributed by atoms with van der Waals surface area (Å²) in [6.07, 6.45) is 3.92. The molecule has 0 radical (unpaired) electrons. The standard InChI is InChI=1S/C28H30Cl2N4O2S/c1-3-34-15-25(32-28(35)36-16-19-10-21(29)13-22(30)11-19)24-12-20(4-5-26(24)34)27-31-23(17-37-27)14-33-8-6-18(2)7-9-33/h4-5,10-13,15,17-18H,3,6-9,14,16H2,1-2H3,(H,32,35). The molecule has 5 rings (SSSR count). The normalized spacial score (nSPS) is 14.8. The van der Waals surface area contributed by atoms with Crippen molar-refractivity contribution in [1.29, 1.82) is 0 Å². The monoisotopic (exact) mass is 556 g/mol. The first-order valence-corrected chi connectivity index (χ1v) is 14.2. The number of fused-ring (bicyclic) bond motifs is 1. The van der Waals surface area contributed by atoms with Crippen LogP contribution in [0, 0.1) is 5.92 Å². The number of rotatable bonds is 7. The summed E-state index contributed by atoms with van der Waals surface area (Å²) < 4.78 is 7.55. The van der Waals surface area contributed by atoms with Gasteiger partial charge in [0.1, 0.15) is 11.6 Å². The second kappa shape index (κ2) is 11.4. The van der Waals surface area contributed by atoms with Gasteiger partial charge in [-0.3, -0.25) is 10.2 Å². The number of nitrogens with one attached hydrogen (secondary N) is 1. The third-order valence-electron chi connectivity index (χ3n) is 6.81. The highest BCUT2D eigenvalue weighted by Gasteiger charge is 2.18. The fourth-order valence-electron chi connectivity index (χ4n) is 4.74. The number of aromatic nitrogens is 2. The Labute approximate surface area is 231 Å². The number of halogens is 2. The Balaban J connectivity index is 1.31. The number of hydrogen-bond donors (Lipinski definition) is 1. The van der Waals surface area contributed by atoms with Crippen LogP contribution in [-0.2, 0) is 24.4 Å². The first kappa shape index (κ1) is 26.0. The lowest BCUT2D eigenvalue weighted by molar-refractivity contribution is 0.155. The van der Waals surface area contributed by atoms with Gasteiger partial charge in [-0.25, -0.2) is 9.78 Å². The zero-order valence-corrected chi connectivity index (χ0v) is 23.3. The van der Waals surface area contributed by atoms with Gasteiger partial charge < -0.3 is 9.30 Å². The molecule has 1 aliphatic heterocycles. The summed E-state index contributed by atoms with van der Waals surface area (Å²) in [4.78, 5) is 20.1. The summed E-state index contributed by atoms with van der Waals surface area (Å²) in [5.41, 5.74) is 4.62. The summed E-state index contributed by atoms with van der Waals surface area (Å²) in [6, 6.07) is 11.4. The number of carbonyl (C=O) groups is 1. The minimum absolute atomic E-state index is 0.0710. The molecule has 37 heavy (non-hydrogen) atoms. The van der Waals surface area contributed by atoms with E-state index in [1.165, 1.54) is 12.8 Å². The van der Waals surface area contributed by atoms with Gasteiger partial charge in [-0.15, -0.1) is 11.3 Å². The number of nitrogens with zero attached hydrogens (tertiary/aromatic N) is 3. The zero-order chi connectivity index (χ0) is 25.9. The van der Waals surface area contributed by atoms with Crippen LogP contribution in [0.3, 0.4) is 0 Å². The number of hydrogen-bond acceptors (Lipinski definition) is 5. The number of ether oxygens (including phenoxy) is 1. The maximum absolute atomic E-state index is 12.6. The Morgan fingerprint density at radius 3 is 2.65 bits per heavy atom. The second-order valence-electron chi connectivity index (χ2n) is 9.64. The Morgan fingerprint density at radius 1 is 1.16 bits per heavy atom. The fourth-order valence-corrected chi connectivity index (χ4v) is 6.12. The van der Waals surface area contributed by atoms with Crippen molar-refractivity contribution >= 4 is 57.2 Å². The van der Waals surface area contributed by atoms with Crippen LogP contribution in [0.2, 0.25) is 10.0 Å². The van der Waals surface area contributed by atoms with Crippen molar-refractivity contribution in [3.63, 3.8) is 0 Å². The maximum atomic E-state index is 12.6. The van der Waals surface area contributed by atoms with Crippen LogP contribution in [-0.4, -0.2) is 33.6 Å². The minimum atomic E-state index is -0.538. The topological polar surface area (TPSA) is 59.4 Å². The lowest BCUT2D eigenvalue weighted by Crippen LogP contribution is -2.32. The van der Waals surface area contributed by atoms with Crippen molar-refractivity contribution in [2.24, 2.45) is 5.92 Å². The van der Waals surface area contributed by atoms with E-state index in [0.29, 0.717) is 15.7 Å². The van der Waals surface area contributed by atoms with Gasteiger partial charge >= 0.3 is 6.09 Å². The van der Waals surface area contributed by atoms with Crippen molar-refractivity contribution in [2.45, 2.75) is 46.4 Å². The third kappa shape index (κ3) is 6.29. The van der Waals surface area contributed by atoms with E-state index in [1.807, 2.05) is 6.20 Å². The largest absolute Gasteiger partial charge is 0.444 e. The zero-order valence-electron chi connectivity index (χ0n) is 21.0. The predicted molar refractivity (Wildman–Crippen MR) is 153 cm³/mol. The van der Waals surface area contributed by atoms with Crippen LogP contribution in [0.1, 0.15) is 37.9 Å². The minimum Gasteiger partial charge on any atom is -0.444 e. The number of carbonyl (C=O) groups excluding carboxylic acids is 1. The molecule has 0 bridgehead atoms. The Bertz CT molecular complexity index is 1390. The first-order valence-electron chi connectivity index (χ1n) is 12.6. The van der Waals surface area contributed by atoms with Gasteiger partial charge in [0, 0.05) is 45.7 Å². The molecule has 1 aliphatic rings. The molecule has 3 heterocycles. The van der Waals surface area contributed by atoms with E-state index < -0.39 is 6.09 Å². The number of anilines is 1. The summed E-state index contributed by atoms with van der Waals surface area (Å²) in [6.45, 7) is 8.43. The number of thiazole rings is 1. The first-order chi connectivity index (χ1) is 17.9. The smallest absolute Gasteiger partial charge is 0.412 e. The number of piperidine rings is 1. The molecule has 0 aliphatic carbocycles. The Kier molecular flexibility index (Phi) is 8.05. The highest BCUT2D eigenvalue weighted by atomic mass is 35.5. The van der Waals surface area contributed by atoms with Crippen LogP contribution in [0.25, 0.3) is 21.5 Å². The molecule has 0 spiro atoms. The van der Waals surface area contributed by atoms with E-state index in [-0.39, 0.29) is 6.61 Å². The van der Waals surface area contributed by atoms with Crippen LogP contribution >= 0.6 is 34.5 Å². The van der Waals surface area contributed by atoms with Gasteiger partial charge in [0.2, 0.25) is 0 Å². The predicted octanol–water partition coefficient (Wildman–Crippen LogP) is 8.07. The molecule has 0 atom stereocenters. The maximum Gasteiger partial charge on any atom is 0.412 e. The average molecular weight is 558 g/mol. The third-order valence-corrected chi connectivity index (χ3v) is 8.19. The van der Waals surface area contributed by atoms with E-state index in [1.54, 1.807) is 29.5 Å². The summed E-state index contributed by atoms with van der Waals surface area (Å²) in [5, 5.41) is 8.00. The molecular weight excluding hydrogens is 527 g/mol. The second-order valence-corrected chi connectivity index (χ2v) is 11.4. The molecule has 4 aromatic rings. The molecule has 1 amide bonds. The number of benzene rings is 2. The van der Waals surface area contributed by atoms with E-state index >= 15 is 0 Å². The van der Waals surface area contributed by atoms with Crippen LogP contribution < -0.4 is 5.32 Å². The van der Waals surface area contributed by atoms with Gasteiger partial charge in [-0.1, -0.05) is 30.1 Å². The van der Waals surface area contributed by atoms with E-state index in [2.05, 4.69) is 52.2 Å². The number of likely N-dealkylation sites (tertiary alicyclic amines) is 1. The fraction of sp³-hybridized carbons (Fsp3) is 0.357. The van der Waals surface area contributed by atoms with E-state index in [0.717, 1.165) is 64.8 Å². The molecule has 1 fully saturated rings. The van der Waals surface area contributed by atoms with Crippen molar-refractivity contribution in [2.75, 3.05) is 18.4 Å². The van der Waals surface area contributed by atoms with Crippen molar-refractivity contribution in [3.8, 4) is 10.6 Å². The molecular formula is C28H30Cl2N4O2S. The summed E-state index contributed by atoms with van der Waals surface area (Å²) >= 11 is 13.8. The summed E-state index contributed by atoms with van der Waals surface area (Å²) in [7, 11) is 0. The molecule has 194 valence electrons. The molecule has 1 N–H and O–H groups in total. The van der Waals surface area contributed by atoms with Crippen LogP contribution in [0.4, 0.5) is 10.5 Å². The van der Waals surface area contributed by atoms with E-state index in [9.17, 15) is 4.79 Å². The number of amides is 1. The number of aryl methyl sites for hydroxylation is 1. The van der Waals surface area contributed by atoms with Crippen molar-refractivity contribution in [1.82, 2.24) is 14.5 Å². The van der Waals surface area contributed by atoms with Crippen molar-refractivity contribution < 1.29 is 9.53 Å². The molecule has 2 aromatic carbocycles. The molecule has 6 nitrogen and oxygen atoms in total. The van der Waals surface area contributed by atoms with E-state index in [4.69, 9.17) is 32.9 Å². The Hall–Kier alpha value is -2.58. The Morgan fingerprint density at radius 2 is 1.92 bits per heavy atom. The van der Waals surface area contributed by atoms with Gasteiger partial charge in [-0.05, 0) is 80.7 Å². The lowest BCUT2D eigenvalue weighted by atomic mass is 9.99. The SMILES string of the molecule is CCn1cc(NC(=O)OCc2cc(Cl)cc(Cl)c2)c2cc(-c3nc(CN4CCC(C)CC4)cs3)ccc21. The lowest BCUT2D eigenvalue weighted by Gasteiger charge is -2.29. The quantitative estimate of drug-likeness (QED) is 0.250. The van der Waals surface area contributed by atoms with Crippen LogP contribution in [0.5, 0.6) is 0 Å². The van der Waals surface area contributed by atoms with Gasteiger partial charge in [0.05, 0.1) is 16.9 Å². The molecule has 2 aromatic heterocycles. The molecule has 0 unspecified atom stereocenters. The van der Waals surface area contributed by atoms with Crippen molar-refractivity contribution in [3.05, 3.63) is 69.3 Å². The average Bonchev–Trinajstić information content (AvgIpc) is 3.48. The van der Waals surface area contributed by atoms with Gasteiger partial charge in [0.15, 0.2) is 0 Å². The van der Waals surface area contributed by atoms with Gasteiger partial charge in [0.25, 0.3) is 0 Å². The highest BCUT2D eigenvalue weighted by Crippen LogP contribution is 2.33. The van der Waals surface area contributed by atoms with Crippen LogP contribution in [0.15, 0.2) is 48.0 Å².